The number of hydrogen-bond acceptors (Lipinski definition) is 6. The third kappa shape index (κ3) is 5.79. The van der Waals surface area contributed by atoms with E-state index in [1.165, 1.54) is 13.3 Å². The second-order valence-corrected chi connectivity index (χ2v) is 9.32. The Balaban J connectivity index is 2.36. The normalized spacial score (nSPS) is 25.4. The van der Waals surface area contributed by atoms with E-state index in [9.17, 15) is 5.11 Å². The van der Waals surface area contributed by atoms with Gasteiger partial charge in [-0.25, -0.2) is 0 Å². The van der Waals surface area contributed by atoms with Gasteiger partial charge in [-0.15, -0.1) is 0 Å². The number of hydrogen-bond donors (Lipinski definition) is 2. The van der Waals surface area contributed by atoms with Crippen molar-refractivity contribution >= 4 is 23.5 Å². The Labute approximate surface area is 202 Å². The van der Waals surface area contributed by atoms with Crippen LogP contribution in [0.5, 0.6) is 11.5 Å². The molecule has 1 saturated carbocycles. The number of methoxy groups -OCH3 is 1. The number of phenols is 1. The number of aliphatic imine (C=N–C) groups is 1. The minimum Gasteiger partial charge on any atom is -0.507 e. The minimum atomic E-state index is -0.367. The van der Waals surface area contributed by atoms with Crippen molar-refractivity contribution in [3.63, 3.8) is 0 Å². The molecule has 1 fully saturated rings. The van der Waals surface area contributed by atoms with E-state index < -0.39 is 0 Å². The van der Waals surface area contributed by atoms with Crippen molar-refractivity contribution in [1.29, 1.82) is 0 Å². The summed E-state index contributed by atoms with van der Waals surface area (Å²) in [7, 11) is 3.13. The number of ether oxygens (including phenoxy) is 1. The molecule has 7 heteroatoms. The molecule has 0 radical (unpaired) electrons. The molecule has 1 aromatic carbocycles. The Kier molecular flexibility index (Phi) is 9.56. The molecular weight excluding hydrogens is 440 g/mol. The van der Waals surface area contributed by atoms with E-state index in [0.717, 1.165) is 24.1 Å². The highest BCUT2D eigenvalue weighted by atomic mass is 35.5. The van der Waals surface area contributed by atoms with E-state index in [4.69, 9.17) is 26.3 Å². The van der Waals surface area contributed by atoms with Gasteiger partial charge >= 0.3 is 0 Å². The summed E-state index contributed by atoms with van der Waals surface area (Å²) in [5.41, 5.74) is 3.84. The van der Waals surface area contributed by atoms with Crippen molar-refractivity contribution in [1.82, 2.24) is 0 Å². The van der Waals surface area contributed by atoms with Gasteiger partial charge in [0.2, 0.25) is 0 Å². The number of rotatable bonds is 8. The summed E-state index contributed by atoms with van der Waals surface area (Å²) in [5.74, 6) is 1.29. The number of aromatic hydroxyl groups is 1. The zero-order chi connectivity index (χ0) is 24.8. The van der Waals surface area contributed by atoms with E-state index in [1.807, 2.05) is 13.0 Å². The standard InChI is InChI=1S/C26H37ClN2O4/c1-16(12-13-26(5)17(2)9-11-22(19(26)4)29-33-7)8-10-20-24(31)21(14-28-15-30)18(3)23(27)25(20)32-6/h8,12-14,17,19,30-31H,9-11,15H2,1-7H3/b13-12+,16-8+,28-14+,29-22+/t17-,19+,26+/m1/s1. The molecule has 3 atom stereocenters. The molecule has 0 heterocycles. The molecule has 0 spiro atoms. The van der Waals surface area contributed by atoms with Crippen LogP contribution in [0.4, 0.5) is 0 Å². The summed E-state index contributed by atoms with van der Waals surface area (Å²) >= 11 is 6.51. The fourth-order valence-electron chi connectivity index (χ4n) is 4.43. The summed E-state index contributed by atoms with van der Waals surface area (Å²) < 4.78 is 5.51. The average Bonchev–Trinajstić information content (AvgIpc) is 2.79. The van der Waals surface area contributed by atoms with Crippen LogP contribution in [0, 0.1) is 24.2 Å². The molecule has 0 bridgehead atoms. The van der Waals surface area contributed by atoms with Gasteiger partial charge in [0.15, 0.2) is 0 Å². The van der Waals surface area contributed by atoms with Crippen molar-refractivity contribution in [2.45, 2.75) is 53.9 Å². The highest BCUT2D eigenvalue weighted by Crippen LogP contribution is 2.45. The maximum Gasteiger partial charge on any atom is 0.144 e. The van der Waals surface area contributed by atoms with Crippen molar-refractivity contribution in [3.8, 4) is 11.5 Å². The third-order valence-corrected chi connectivity index (χ3v) is 7.58. The molecule has 2 N–H and O–H groups in total. The van der Waals surface area contributed by atoms with Crippen molar-refractivity contribution in [2.24, 2.45) is 27.4 Å². The minimum absolute atomic E-state index is 0.0361. The van der Waals surface area contributed by atoms with Crippen LogP contribution in [0.3, 0.4) is 0 Å². The molecule has 33 heavy (non-hydrogen) atoms. The van der Waals surface area contributed by atoms with Gasteiger partial charge in [0, 0.05) is 23.3 Å². The van der Waals surface area contributed by atoms with Gasteiger partial charge in [0.25, 0.3) is 0 Å². The van der Waals surface area contributed by atoms with Crippen LogP contribution < -0.4 is 4.74 Å². The van der Waals surface area contributed by atoms with Crippen LogP contribution in [-0.4, -0.2) is 43.1 Å². The van der Waals surface area contributed by atoms with E-state index in [1.54, 1.807) is 14.0 Å². The number of phenolic OH excluding ortho intramolecular Hbond substituents is 1. The van der Waals surface area contributed by atoms with Gasteiger partial charge in [-0.3, -0.25) is 4.99 Å². The summed E-state index contributed by atoms with van der Waals surface area (Å²) in [4.78, 5) is 8.91. The lowest BCUT2D eigenvalue weighted by Crippen LogP contribution is -2.40. The first-order valence-electron chi connectivity index (χ1n) is 11.3. The van der Waals surface area contributed by atoms with E-state index in [0.29, 0.717) is 39.8 Å². The van der Waals surface area contributed by atoms with Crippen LogP contribution in [0.15, 0.2) is 33.9 Å². The van der Waals surface area contributed by atoms with E-state index >= 15 is 0 Å². The lowest BCUT2D eigenvalue weighted by molar-refractivity contribution is 0.169. The van der Waals surface area contributed by atoms with Gasteiger partial charge in [-0.2, -0.15) is 0 Å². The molecule has 1 aliphatic rings. The number of allylic oxidation sites excluding steroid dienone is 4. The number of nitrogens with zero attached hydrogens (tertiary/aromatic N) is 2. The molecule has 0 aromatic heterocycles. The lowest BCUT2D eigenvalue weighted by atomic mass is 9.61. The summed E-state index contributed by atoms with van der Waals surface area (Å²) in [6.07, 6.45) is 10.3. The first-order valence-corrected chi connectivity index (χ1v) is 11.6. The number of halogens is 1. The SMILES string of the molecule is CO/N=C1\CC[C@@H](C)[C@](C)(/C=C/C(C)=C/Cc2c(O)c(/C=N/CO)c(C)c(Cl)c2OC)[C@H]1C. The second-order valence-electron chi connectivity index (χ2n) is 8.94. The molecule has 6 nitrogen and oxygen atoms in total. The maximum atomic E-state index is 10.9. The average molecular weight is 477 g/mol. The molecule has 1 aliphatic carbocycles. The highest BCUT2D eigenvalue weighted by molar-refractivity contribution is 6.33. The van der Waals surface area contributed by atoms with E-state index in [2.05, 4.69) is 43.1 Å². The van der Waals surface area contributed by atoms with Crippen LogP contribution in [0.2, 0.25) is 5.02 Å². The number of benzene rings is 1. The molecule has 0 aliphatic heterocycles. The zero-order valence-electron chi connectivity index (χ0n) is 20.8. The predicted molar refractivity (Wildman–Crippen MR) is 136 cm³/mol. The van der Waals surface area contributed by atoms with E-state index in [-0.39, 0.29) is 23.8 Å². The van der Waals surface area contributed by atoms with Crippen molar-refractivity contribution in [2.75, 3.05) is 21.0 Å². The van der Waals surface area contributed by atoms with Crippen LogP contribution in [0.1, 0.15) is 57.2 Å². The van der Waals surface area contributed by atoms with Gasteiger partial charge in [-0.05, 0) is 50.0 Å². The second kappa shape index (κ2) is 11.7. The smallest absolute Gasteiger partial charge is 0.144 e. The monoisotopic (exact) mass is 476 g/mol. The van der Waals surface area contributed by atoms with Crippen molar-refractivity contribution in [3.05, 3.63) is 45.5 Å². The first-order chi connectivity index (χ1) is 15.6. The summed E-state index contributed by atoms with van der Waals surface area (Å²) in [6, 6.07) is 0. The zero-order valence-corrected chi connectivity index (χ0v) is 21.5. The van der Waals surface area contributed by atoms with Gasteiger partial charge in [0.05, 0.1) is 17.8 Å². The molecule has 0 unspecified atom stereocenters. The fourth-order valence-corrected chi connectivity index (χ4v) is 4.72. The Morgan fingerprint density at radius 2 is 2.00 bits per heavy atom. The maximum absolute atomic E-state index is 10.9. The topological polar surface area (TPSA) is 83.6 Å². The largest absolute Gasteiger partial charge is 0.507 e. The van der Waals surface area contributed by atoms with Gasteiger partial charge in [0.1, 0.15) is 25.3 Å². The molecule has 1 aromatic rings. The van der Waals surface area contributed by atoms with Gasteiger partial charge in [-0.1, -0.05) is 61.3 Å². The predicted octanol–water partition coefficient (Wildman–Crippen LogP) is 5.85. The molecule has 0 saturated heterocycles. The lowest BCUT2D eigenvalue weighted by Gasteiger charge is -2.43. The van der Waals surface area contributed by atoms with Crippen molar-refractivity contribution < 1.29 is 19.8 Å². The van der Waals surface area contributed by atoms with Crippen LogP contribution in [0.25, 0.3) is 0 Å². The van der Waals surface area contributed by atoms with Crippen LogP contribution >= 0.6 is 11.6 Å². The molecule has 182 valence electrons. The molecular formula is C26H37ClN2O4. The number of oxime groups is 1. The summed E-state index contributed by atoms with van der Waals surface area (Å²) in [6.45, 7) is 10.2. The Morgan fingerprint density at radius 3 is 2.61 bits per heavy atom. The quantitative estimate of drug-likeness (QED) is 0.280. The Hall–Kier alpha value is -2.31. The Morgan fingerprint density at radius 1 is 1.30 bits per heavy atom. The highest BCUT2D eigenvalue weighted by Gasteiger charge is 2.41. The van der Waals surface area contributed by atoms with Crippen LogP contribution in [-0.2, 0) is 11.3 Å². The summed E-state index contributed by atoms with van der Waals surface area (Å²) in [5, 5.41) is 24.6. The fraction of sp³-hybridized carbons (Fsp3) is 0.538. The first kappa shape index (κ1) is 26.9. The number of aliphatic hydroxyl groups is 1. The van der Waals surface area contributed by atoms with Gasteiger partial charge < -0.3 is 19.8 Å². The number of aliphatic hydroxyl groups excluding tert-OH is 1. The Bertz CT molecular complexity index is 968. The molecule has 2 rings (SSSR count). The third-order valence-electron chi connectivity index (χ3n) is 7.12. The molecule has 0 amide bonds.